The largest absolute Gasteiger partial charge is 0.326 e. The van der Waals surface area contributed by atoms with E-state index in [0.717, 1.165) is 43.1 Å². The molecule has 6 heteroatoms. The Morgan fingerprint density at radius 2 is 1.93 bits per heavy atom. The lowest BCUT2D eigenvalue weighted by molar-refractivity contribution is -0.130. The van der Waals surface area contributed by atoms with Crippen LogP contribution in [0.2, 0.25) is 0 Å². The van der Waals surface area contributed by atoms with Crippen LogP contribution in [0, 0.1) is 35.0 Å². The highest BCUT2D eigenvalue weighted by molar-refractivity contribution is 7.99. The highest BCUT2D eigenvalue weighted by atomic mass is 32.2. The molecule has 4 saturated carbocycles. The van der Waals surface area contributed by atoms with E-state index in [-0.39, 0.29) is 17.5 Å². The van der Waals surface area contributed by atoms with E-state index in [0.29, 0.717) is 6.54 Å². The second kappa shape index (κ2) is 7.24. The third kappa shape index (κ3) is 3.20. The molecule has 2 unspecified atom stereocenters. The van der Waals surface area contributed by atoms with Crippen LogP contribution in [0.15, 0.2) is 0 Å². The minimum Gasteiger partial charge on any atom is -0.326 e. The lowest BCUT2D eigenvalue weighted by atomic mass is 9.70. The van der Waals surface area contributed by atoms with Crippen LogP contribution in [0.25, 0.3) is 0 Å². The van der Waals surface area contributed by atoms with E-state index < -0.39 is 0 Å². The van der Waals surface area contributed by atoms with Crippen LogP contribution in [-0.4, -0.2) is 71.5 Å². The Kier molecular flexibility index (Phi) is 4.90. The summed E-state index contributed by atoms with van der Waals surface area (Å²) >= 11 is 2.10. The van der Waals surface area contributed by atoms with Gasteiger partial charge in [-0.15, -0.1) is 0 Å². The van der Waals surface area contributed by atoms with E-state index >= 15 is 0 Å². The Hall–Kier alpha value is -0.770. The van der Waals surface area contributed by atoms with Crippen molar-refractivity contribution in [2.24, 2.45) is 23.7 Å². The number of likely N-dealkylation sites (tertiary alicyclic amines) is 1. The van der Waals surface area contributed by atoms with Crippen LogP contribution in [0.1, 0.15) is 38.5 Å². The van der Waals surface area contributed by atoms with Crippen LogP contribution in [0.3, 0.4) is 0 Å². The van der Waals surface area contributed by atoms with Gasteiger partial charge in [-0.05, 0) is 62.2 Å². The molecule has 27 heavy (non-hydrogen) atoms. The molecule has 1 N–H and O–H groups in total. The number of thioether (sulfide) groups is 1. The average molecular weight is 389 g/mol. The number of amides is 1. The van der Waals surface area contributed by atoms with Crippen molar-refractivity contribution in [3.63, 3.8) is 0 Å². The van der Waals surface area contributed by atoms with E-state index in [1.54, 1.807) is 4.90 Å². The predicted octanol–water partition coefficient (Wildman–Crippen LogP) is 1.94. The molecule has 2 heterocycles. The second-order valence-electron chi connectivity index (χ2n) is 9.56. The Labute approximate surface area is 167 Å². The van der Waals surface area contributed by atoms with Crippen molar-refractivity contribution in [2.75, 3.05) is 44.2 Å². The number of nitrogens with zero attached hydrogens (tertiary/aromatic N) is 3. The Morgan fingerprint density at radius 3 is 2.63 bits per heavy atom. The molecule has 0 spiro atoms. The molecule has 4 aliphatic carbocycles. The number of rotatable bonds is 5. The first-order valence-corrected chi connectivity index (χ1v) is 12.1. The minimum atomic E-state index is -0.194. The maximum absolute atomic E-state index is 12.7. The van der Waals surface area contributed by atoms with Crippen molar-refractivity contribution in [2.45, 2.75) is 50.1 Å². The number of hydrogen-bond donors (Lipinski definition) is 1. The number of nitriles is 1. The fourth-order valence-electron chi connectivity index (χ4n) is 7.06. The van der Waals surface area contributed by atoms with Gasteiger partial charge in [0.25, 0.3) is 0 Å². The van der Waals surface area contributed by atoms with E-state index in [4.69, 9.17) is 0 Å². The zero-order valence-corrected chi connectivity index (χ0v) is 17.1. The molecule has 0 radical (unpaired) electrons. The van der Waals surface area contributed by atoms with Gasteiger partial charge in [-0.25, -0.2) is 0 Å². The van der Waals surface area contributed by atoms with Crippen molar-refractivity contribution in [1.29, 1.82) is 5.26 Å². The normalized spacial score (nSPS) is 43.4. The standard InChI is InChI=1S/C21H32N4OS/c22-12-18-2-1-3-25(18)20(26)13-23-21-10-15-8-17(21)9-16(11-21)19(15)14-24-4-6-27-7-5-24/h15-19,23H,1-11,13-14H2/t15?,16?,17?,18-,19?,21?/m0/s1. The number of hydrogen-bond acceptors (Lipinski definition) is 5. The van der Waals surface area contributed by atoms with Gasteiger partial charge in [0.1, 0.15) is 6.04 Å². The van der Waals surface area contributed by atoms with Gasteiger partial charge in [-0.1, -0.05) is 0 Å². The summed E-state index contributed by atoms with van der Waals surface area (Å²) in [5, 5.41) is 13.0. The molecule has 6 aliphatic rings. The second-order valence-corrected chi connectivity index (χ2v) is 10.8. The number of nitrogens with one attached hydrogen (secondary N) is 1. The third-order valence-electron chi connectivity index (χ3n) is 8.31. The maximum atomic E-state index is 12.7. The van der Waals surface area contributed by atoms with Gasteiger partial charge >= 0.3 is 0 Å². The predicted molar refractivity (Wildman–Crippen MR) is 107 cm³/mol. The lowest BCUT2D eigenvalue weighted by Crippen LogP contribution is -2.52. The van der Waals surface area contributed by atoms with E-state index in [2.05, 4.69) is 28.0 Å². The molecule has 6 fully saturated rings. The first-order valence-electron chi connectivity index (χ1n) is 10.9. The van der Waals surface area contributed by atoms with Gasteiger partial charge in [0.05, 0.1) is 12.6 Å². The first kappa shape index (κ1) is 18.3. The molecular formula is C21H32N4OS. The van der Waals surface area contributed by atoms with Crippen LogP contribution in [0.5, 0.6) is 0 Å². The fourth-order valence-corrected chi connectivity index (χ4v) is 8.03. The van der Waals surface area contributed by atoms with Gasteiger partial charge < -0.3 is 15.1 Å². The van der Waals surface area contributed by atoms with Crippen molar-refractivity contribution in [3.8, 4) is 6.07 Å². The van der Waals surface area contributed by atoms with Crippen molar-refractivity contribution in [3.05, 3.63) is 0 Å². The molecule has 5 nitrogen and oxygen atoms in total. The summed E-state index contributed by atoms with van der Waals surface area (Å²) in [7, 11) is 0. The number of carbonyl (C=O) groups is 1. The number of carbonyl (C=O) groups excluding carboxylic acids is 1. The summed E-state index contributed by atoms with van der Waals surface area (Å²) in [6.07, 6.45) is 7.10. The molecule has 0 aromatic carbocycles. The average Bonchev–Trinajstić information content (AvgIpc) is 3.34. The van der Waals surface area contributed by atoms with Crippen molar-refractivity contribution >= 4 is 17.7 Å². The molecule has 2 aliphatic heterocycles. The van der Waals surface area contributed by atoms with Crippen LogP contribution >= 0.6 is 11.8 Å². The van der Waals surface area contributed by atoms with E-state index in [1.165, 1.54) is 56.8 Å². The highest BCUT2D eigenvalue weighted by Gasteiger charge is 2.61. The van der Waals surface area contributed by atoms with Crippen LogP contribution in [-0.2, 0) is 4.79 Å². The van der Waals surface area contributed by atoms with Crippen molar-refractivity contribution < 1.29 is 4.79 Å². The molecular weight excluding hydrogens is 356 g/mol. The Balaban J connectivity index is 1.19. The van der Waals surface area contributed by atoms with Gasteiger partial charge in [0.2, 0.25) is 5.91 Å². The summed E-state index contributed by atoms with van der Waals surface area (Å²) < 4.78 is 0. The molecule has 0 aromatic heterocycles. The van der Waals surface area contributed by atoms with Gasteiger partial charge in [0, 0.05) is 43.2 Å². The smallest absolute Gasteiger partial charge is 0.237 e. The van der Waals surface area contributed by atoms with Gasteiger partial charge in [-0.2, -0.15) is 17.0 Å². The zero-order chi connectivity index (χ0) is 18.4. The molecule has 6 rings (SSSR count). The lowest BCUT2D eigenvalue weighted by Gasteiger charge is -2.42. The molecule has 0 aromatic rings. The van der Waals surface area contributed by atoms with E-state index in [9.17, 15) is 10.1 Å². The molecule has 3 atom stereocenters. The quantitative estimate of drug-likeness (QED) is 0.780. The molecule has 4 bridgehead atoms. The van der Waals surface area contributed by atoms with E-state index in [1.807, 2.05) is 0 Å². The van der Waals surface area contributed by atoms with Crippen LogP contribution in [0.4, 0.5) is 0 Å². The topological polar surface area (TPSA) is 59.4 Å². The van der Waals surface area contributed by atoms with Crippen molar-refractivity contribution in [1.82, 2.24) is 15.1 Å². The molecule has 148 valence electrons. The maximum Gasteiger partial charge on any atom is 0.237 e. The summed E-state index contributed by atoms with van der Waals surface area (Å²) in [4.78, 5) is 17.2. The first-order chi connectivity index (χ1) is 13.2. The van der Waals surface area contributed by atoms with Crippen LogP contribution < -0.4 is 5.32 Å². The third-order valence-corrected chi connectivity index (χ3v) is 9.25. The summed E-state index contributed by atoms with van der Waals surface area (Å²) in [5.41, 5.74) is 0.223. The zero-order valence-electron chi connectivity index (χ0n) is 16.2. The minimum absolute atomic E-state index is 0.141. The summed E-state index contributed by atoms with van der Waals surface area (Å²) in [5.74, 6) is 6.13. The Bertz CT molecular complexity index is 612. The monoisotopic (exact) mass is 388 g/mol. The fraction of sp³-hybridized carbons (Fsp3) is 0.905. The highest BCUT2D eigenvalue weighted by Crippen LogP contribution is 2.62. The molecule has 1 amide bonds. The Morgan fingerprint density at radius 1 is 1.19 bits per heavy atom. The summed E-state index contributed by atoms with van der Waals surface area (Å²) in [6, 6.07) is 2.10. The SMILES string of the molecule is N#C[C@@H]1CCCN1C(=O)CNC12CC3CC1CC(C2)C3CN1CCSCC1. The van der Waals surface area contributed by atoms with Gasteiger partial charge in [-0.3, -0.25) is 4.79 Å². The summed E-state index contributed by atoms with van der Waals surface area (Å²) in [6.45, 7) is 5.06. The molecule has 2 saturated heterocycles. The van der Waals surface area contributed by atoms with Gasteiger partial charge in [0.15, 0.2) is 0 Å².